The summed E-state index contributed by atoms with van der Waals surface area (Å²) in [5.74, 6) is 0.577. The maximum atomic E-state index is 6.74. The zero-order valence-electron chi connectivity index (χ0n) is 34.2. The van der Waals surface area contributed by atoms with Crippen LogP contribution >= 0.6 is 0 Å². The van der Waals surface area contributed by atoms with Crippen LogP contribution in [0.15, 0.2) is 215 Å². The molecule has 5 aromatic heterocycles. The Labute approximate surface area is 365 Å². The minimum absolute atomic E-state index is 0.577. The van der Waals surface area contributed by atoms with Crippen LogP contribution in [0, 0.1) is 0 Å². The van der Waals surface area contributed by atoms with Crippen LogP contribution in [0.4, 0.5) is 0 Å². The molecule has 9 aromatic carbocycles. The first-order valence-corrected chi connectivity index (χ1v) is 21.6. The van der Waals surface area contributed by atoms with Crippen LogP contribution in [0.25, 0.3) is 133 Å². The third-order valence-electron chi connectivity index (χ3n) is 12.9. The summed E-state index contributed by atoms with van der Waals surface area (Å²) >= 11 is 0. The summed E-state index contributed by atoms with van der Waals surface area (Å²) in [6.07, 6.45) is 0. The van der Waals surface area contributed by atoms with Crippen LogP contribution in [0.3, 0.4) is 0 Å². The van der Waals surface area contributed by atoms with Gasteiger partial charge in [-0.2, -0.15) is 0 Å². The topological polar surface area (TPSA) is 61.9 Å². The van der Waals surface area contributed by atoms with Gasteiger partial charge in [-0.3, -0.25) is 0 Å². The molecule has 0 aliphatic carbocycles. The number of rotatable bonds is 5. The Morgan fingerprint density at radius 3 is 1.52 bits per heavy atom. The number of nitrogens with zero attached hydrogens (tertiary/aromatic N) is 4. The molecule has 6 heteroatoms. The second-order valence-corrected chi connectivity index (χ2v) is 16.5. The molecule has 5 heterocycles. The summed E-state index contributed by atoms with van der Waals surface area (Å²) in [4.78, 5) is 11.2. The maximum absolute atomic E-state index is 6.74. The third kappa shape index (κ3) is 5.02. The van der Waals surface area contributed by atoms with Gasteiger partial charge in [0.15, 0.2) is 5.82 Å². The average Bonchev–Trinajstić information content (AvgIpc) is 4.12. The molecule has 0 bridgehead atoms. The Hall–Kier alpha value is -8.74. The molecule has 0 unspecified atom stereocenters. The first-order valence-electron chi connectivity index (χ1n) is 21.6. The van der Waals surface area contributed by atoms with Gasteiger partial charge in [-0.05, 0) is 90.0 Å². The number of fused-ring (bicyclic) bond motifs is 12. The zero-order chi connectivity index (χ0) is 41.9. The van der Waals surface area contributed by atoms with Crippen molar-refractivity contribution in [2.45, 2.75) is 0 Å². The molecule has 64 heavy (non-hydrogen) atoms. The minimum Gasteiger partial charge on any atom is -0.455 e. The van der Waals surface area contributed by atoms with Crippen molar-refractivity contribution < 1.29 is 8.83 Å². The minimum atomic E-state index is 0.577. The van der Waals surface area contributed by atoms with E-state index in [-0.39, 0.29) is 0 Å². The average molecular weight is 819 g/mol. The molecule has 14 rings (SSSR count). The van der Waals surface area contributed by atoms with Crippen molar-refractivity contribution in [3.63, 3.8) is 0 Å². The fraction of sp³-hybridized carbons (Fsp3) is 0. The molecule has 0 fully saturated rings. The van der Waals surface area contributed by atoms with Gasteiger partial charge < -0.3 is 18.0 Å². The van der Waals surface area contributed by atoms with Crippen LogP contribution in [0.5, 0.6) is 0 Å². The largest absolute Gasteiger partial charge is 0.455 e. The highest BCUT2D eigenvalue weighted by Crippen LogP contribution is 2.44. The van der Waals surface area contributed by atoms with Crippen molar-refractivity contribution in [1.82, 2.24) is 19.1 Å². The number of furan rings is 2. The molecular weight excluding hydrogens is 785 g/mol. The Balaban J connectivity index is 1.08. The Morgan fingerprint density at radius 1 is 0.344 bits per heavy atom. The van der Waals surface area contributed by atoms with Crippen molar-refractivity contribution >= 4 is 87.6 Å². The maximum Gasteiger partial charge on any atom is 0.164 e. The SMILES string of the molecule is c1ccc(-n2c3ccccc3c3cc(-c4ccc5c(c4)c4nc(-c6cccc7c6oc6ccccc67)nc(-c6cccc7c6oc6ccccc67)c4n5-c4ccccc4)ccc32)cc1. The number of hydrogen-bond acceptors (Lipinski definition) is 4. The fourth-order valence-electron chi connectivity index (χ4n) is 10.1. The molecule has 0 radical (unpaired) electrons. The van der Waals surface area contributed by atoms with E-state index >= 15 is 0 Å². The lowest BCUT2D eigenvalue weighted by Gasteiger charge is -2.12. The molecule has 6 nitrogen and oxygen atoms in total. The molecule has 14 aromatic rings. The summed E-state index contributed by atoms with van der Waals surface area (Å²) in [7, 11) is 0. The lowest BCUT2D eigenvalue weighted by Crippen LogP contribution is -2.00. The molecule has 0 saturated carbocycles. The summed E-state index contributed by atoms with van der Waals surface area (Å²) < 4.78 is 18.1. The van der Waals surface area contributed by atoms with Gasteiger partial charge in [0.2, 0.25) is 0 Å². The normalized spacial score (nSPS) is 12.1. The first kappa shape index (κ1) is 34.9. The van der Waals surface area contributed by atoms with Gasteiger partial charge in [0, 0.05) is 54.6 Å². The van der Waals surface area contributed by atoms with Crippen molar-refractivity contribution in [2.24, 2.45) is 0 Å². The monoisotopic (exact) mass is 818 g/mol. The molecule has 0 atom stereocenters. The Bertz CT molecular complexity index is 4190. The molecular formula is C58H34N4O2. The van der Waals surface area contributed by atoms with Gasteiger partial charge >= 0.3 is 0 Å². The molecule has 298 valence electrons. The highest BCUT2D eigenvalue weighted by Gasteiger charge is 2.26. The van der Waals surface area contributed by atoms with Crippen LogP contribution in [-0.4, -0.2) is 19.1 Å². The number of hydrogen-bond donors (Lipinski definition) is 0. The molecule has 0 aliphatic rings. The predicted octanol–water partition coefficient (Wildman–Crippen LogP) is 15.5. The Kier molecular flexibility index (Phi) is 7.30. The van der Waals surface area contributed by atoms with Crippen molar-refractivity contribution in [3.8, 4) is 45.1 Å². The van der Waals surface area contributed by atoms with E-state index < -0.39 is 0 Å². The standard InChI is InChI=1S/C58H34N4O2/c1-3-15-37(16-4-1)61-48-26-10-7-19-39(48)46-33-35(29-31-49(46)61)36-30-32-50-47(34-36)54-55(62(50)38-17-5-2-6-18-38)53(44-24-13-22-42-40-20-8-11-27-51(40)63-56(42)44)59-58(60-54)45-25-14-23-43-41-21-9-12-28-52(41)64-57(43)45/h1-34H. The second kappa shape index (κ2) is 13.4. The van der Waals surface area contributed by atoms with Crippen LogP contribution in [0.2, 0.25) is 0 Å². The van der Waals surface area contributed by atoms with E-state index in [2.05, 4.69) is 185 Å². The lowest BCUT2D eigenvalue weighted by molar-refractivity contribution is 0.669. The predicted molar refractivity (Wildman–Crippen MR) is 262 cm³/mol. The summed E-state index contributed by atoms with van der Waals surface area (Å²) in [5.41, 5.74) is 15.2. The van der Waals surface area contributed by atoms with Crippen LogP contribution in [0.1, 0.15) is 0 Å². The fourth-order valence-corrected chi connectivity index (χ4v) is 10.1. The van der Waals surface area contributed by atoms with Gasteiger partial charge in [0.25, 0.3) is 0 Å². The van der Waals surface area contributed by atoms with E-state index in [1.165, 1.54) is 21.8 Å². The van der Waals surface area contributed by atoms with Gasteiger partial charge in [0.1, 0.15) is 33.5 Å². The quantitative estimate of drug-likeness (QED) is 0.174. The smallest absolute Gasteiger partial charge is 0.164 e. The van der Waals surface area contributed by atoms with Crippen molar-refractivity contribution in [1.29, 1.82) is 0 Å². The van der Waals surface area contributed by atoms with Gasteiger partial charge in [0.05, 0.1) is 27.6 Å². The molecule has 0 spiro atoms. The van der Waals surface area contributed by atoms with Gasteiger partial charge in [-0.15, -0.1) is 0 Å². The van der Waals surface area contributed by atoms with Crippen molar-refractivity contribution in [2.75, 3.05) is 0 Å². The van der Waals surface area contributed by atoms with E-state index in [0.717, 1.165) is 105 Å². The Morgan fingerprint density at radius 2 is 0.844 bits per heavy atom. The van der Waals surface area contributed by atoms with E-state index in [0.29, 0.717) is 5.82 Å². The second-order valence-electron chi connectivity index (χ2n) is 16.5. The third-order valence-corrected chi connectivity index (χ3v) is 12.9. The van der Waals surface area contributed by atoms with Crippen LogP contribution in [-0.2, 0) is 0 Å². The highest BCUT2D eigenvalue weighted by molar-refractivity contribution is 6.17. The number of para-hydroxylation sites is 7. The van der Waals surface area contributed by atoms with Crippen LogP contribution < -0.4 is 0 Å². The summed E-state index contributed by atoms with van der Waals surface area (Å²) in [6, 6.07) is 72.4. The number of benzene rings is 9. The van der Waals surface area contributed by atoms with E-state index in [4.69, 9.17) is 18.8 Å². The molecule has 0 amide bonds. The molecule has 0 N–H and O–H groups in total. The molecule has 0 aliphatic heterocycles. The van der Waals surface area contributed by atoms with Crippen molar-refractivity contribution in [3.05, 3.63) is 206 Å². The van der Waals surface area contributed by atoms with E-state index in [9.17, 15) is 0 Å². The summed E-state index contributed by atoms with van der Waals surface area (Å²) in [6.45, 7) is 0. The number of aromatic nitrogens is 4. The zero-order valence-corrected chi connectivity index (χ0v) is 34.2. The van der Waals surface area contributed by atoms with E-state index in [1.807, 2.05) is 30.3 Å². The van der Waals surface area contributed by atoms with Gasteiger partial charge in [-0.25, -0.2) is 9.97 Å². The first-order chi connectivity index (χ1) is 31.7. The van der Waals surface area contributed by atoms with Gasteiger partial charge in [-0.1, -0.05) is 127 Å². The summed E-state index contributed by atoms with van der Waals surface area (Å²) in [5, 5.41) is 7.61. The molecule has 0 saturated heterocycles. The highest BCUT2D eigenvalue weighted by atomic mass is 16.3. The van der Waals surface area contributed by atoms with E-state index in [1.54, 1.807) is 0 Å². The lowest BCUT2D eigenvalue weighted by atomic mass is 10.0.